The van der Waals surface area contributed by atoms with Crippen molar-refractivity contribution in [3.63, 3.8) is 0 Å². The van der Waals surface area contributed by atoms with Crippen LogP contribution in [0, 0.1) is 22.7 Å². The maximum atomic E-state index is 13.3. The van der Waals surface area contributed by atoms with Crippen LogP contribution in [0.25, 0.3) is 0 Å². The molecule has 0 aliphatic carbocycles. The molecule has 1 aliphatic rings. The number of hydrogen-bond donors (Lipinski definition) is 3. The van der Waals surface area contributed by atoms with Gasteiger partial charge in [0.1, 0.15) is 22.6 Å². The summed E-state index contributed by atoms with van der Waals surface area (Å²) in [6.45, 7) is 6.76. The van der Waals surface area contributed by atoms with E-state index in [2.05, 4.69) is 43.2 Å². The number of nitrogens with zero attached hydrogens (tertiary/aromatic N) is 4. The van der Waals surface area contributed by atoms with Crippen molar-refractivity contribution in [2.24, 2.45) is 0 Å². The minimum atomic E-state index is -4.76. The Labute approximate surface area is 268 Å². The highest BCUT2D eigenvalue weighted by Crippen LogP contribution is 2.41. The Hall–Kier alpha value is -3.85. The molecule has 3 aromatic rings. The zero-order chi connectivity index (χ0) is 32.5. The van der Waals surface area contributed by atoms with Crippen molar-refractivity contribution in [2.75, 3.05) is 15.1 Å². The summed E-state index contributed by atoms with van der Waals surface area (Å²) in [5, 5.41) is 39.8. The fourth-order valence-electron chi connectivity index (χ4n) is 4.07. The molecule has 8 nitrogen and oxygen atoms in total. The van der Waals surface area contributed by atoms with Crippen molar-refractivity contribution >= 4 is 72.2 Å². The van der Waals surface area contributed by atoms with Crippen molar-refractivity contribution in [3.05, 3.63) is 74.7 Å². The van der Waals surface area contributed by atoms with Gasteiger partial charge >= 0.3 is 6.18 Å². The van der Waals surface area contributed by atoms with Crippen LogP contribution in [0.15, 0.2) is 63.5 Å². The highest BCUT2D eigenvalue weighted by Gasteiger charge is 2.50. The van der Waals surface area contributed by atoms with Gasteiger partial charge in [-0.15, -0.1) is 0 Å². The van der Waals surface area contributed by atoms with Gasteiger partial charge in [0.05, 0.1) is 37.9 Å². The monoisotopic (exact) mass is 737 g/mol. The lowest BCUT2D eigenvalue weighted by atomic mass is 10.0. The minimum absolute atomic E-state index is 0.0123. The van der Waals surface area contributed by atoms with E-state index in [1.54, 1.807) is 58.0 Å². The van der Waals surface area contributed by atoms with Crippen LogP contribution in [0.3, 0.4) is 0 Å². The lowest BCUT2D eigenvalue weighted by Crippen LogP contribution is -2.44. The molecular formula is C29H24Br2F3N5O3S. The SMILES string of the molecule is CC(C)(C#N)Nc1ccc(O)c(Br)c1.CC1(C)C(=O)N(c2ccc(C#N)c(C(F)(F)F)c2)C(=S)N1c1ccc(O)c(Br)c1. The molecule has 0 bridgehead atoms. The average Bonchev–Trinajstić information content (AvgIpc) is 3.10. The number of phenols is 2. The van der Waals surface area contributed by atoms with Gasteiger partial charge in [-0.25, -0.2) is 0 Å². The van der Waals surface area contributed by atoms with E-state index in [0.29, 0.717) is 14.6 Å². The number of amides is 1. The molecule has 3 aromatic carbocycles. The molecule has 0 unspecified atom stereocenters. The number of alkyl halides is 3. The molecule has 1 aliphatic heterocycles. The Bertz CT molecular complexity index is 1680. The standard InChI is InChI=1S/C19H13BrF3N3O2S.C10H11BrN2O/c1-18(2)16(28)25(11-4-3-10(9-24)13(7-11)19(21,22)23)17(29)26(18)12-5-6-15(27)14(20)8-12;1-10(2,6-12)13-7-3-4-9(14)8(11)5-7/h3-8,27H,1-2H3;3-5,13-14H,1-2H3. The number of nitriles is 2. The number of rotatable bonds is 4. The third-order valence-corrected chi connectivity index (χ3v) is 7.86. The third-order valence-electron chi connectivity index (χ3n) is 6.23. The fourth-order valence-corrected chi connectivity index (χ4v) is 5.34. The quantitative estimate of drug-likeness (QED) is 0.183. The smallest absolute Gasteiger partial charge is 0.417 e. The van der Waals surface area contributed by atoms with Crippen LogP contribution >= 0.6 is 44.1 Å². The summed E-state index contributed by atoms with van der Waals surface area (Å²) in [5.41, 5.74) is -2.31. The Kier molecular flexibility index (Phi) is 9.71. The van der Waals surface area contributed by atoms with Crippen LogP contribution in [-0.2, 0) is 11.0 Å². The van der Waals surface area contributed by atoms with Gasteiger partial charge in [0.25, 0.3) is 5.91 Å². The Balaban J connectivity index is 0.000000303. The predicted molar refractivity (Wildman–Crippen MR) is 168 cm³/mol. The molecule has 224 valence electrons. The van der Waals surface area contributed by atoms with E-state index < -0.39 is 34.3 Å². The number of carbonyl (C=O) groups excluding carboxylic acids is 1. The summed E-state index contributed by atoms with van der Waals surface area (Å²) in [4.78, 5) is 15.6. The minimum Gasteiger partial charge on any atom is -0.507 e. The summed E-state index contributed by atoms with van der Waals surface area (Å²) in [6.07, 6.45) is -4.76. The van der Waals surface area contributed by atoms with Gasteiger partial charge in [0, 0.05) is 11.4 Å². The molecule has 0 saturated carbocycles. The van der Waals surface area contributed by atoms with Crippen LogP contribution < -0.4 is 15.1 Å². The molecule has 1 saturated heterocycles. The summed E-state index contributed by atoms with van der Waals surface area (Å²) in [7, 11) is 0. The van der Waals surface area contributed by atoms with Crippen LogP contribution in [0.2, 0.25) is 0 Å². The predicted octanol–water partition coefficient (Wildman–Crippen LogP) is 7.83. The van der Waals surface area contributed by atoms with Crippen molar-refractivity contribution in [3.8, 4) is 23.6 Å². The zero-order valence-corrected chi connectivity index (χ0v) is 27.1. The molecule has 0 atom stereocenters. The molecule has 1 fully saturated rings. The highest BCUT2D eigenvalue weighted by atomic mass is 79.9. The molecule has 14 heteroatoms. The maximum absolute atomic E-state index is 13.3. The fraction of sp³-hybridized carbons (Fsp3) is 0.241. The van der Waals surface area contributed by atoms with E-state index in [1.807, 2.05) is 0 Å². The van der Waals surface area contributed by atoms with Crippen LogP contribution in [0.5, 0.6) is 11.5 Å². The lowest BCUT2D eigenvalue weighted by molar-refractivity contribution is -0.137. The van der Waals surface area contributed by atoms with Gasteiger partial charge in [-0.3, -0.25) is 9.69 Å². The van der Waals surface area contributed by atoms with Gasteiger partial charge < -0.3 is 20.4 Å². The van der Waals surface area contributed by atoms with E-state index in [-0.39, 0.29) is 22.3 Å². The van der Waals surface area contributed by atoms with Gasteiger partial charge in [0.2, 0.25) is 0 Å². The summed E-state index contributed by atoms with van der Waals surface area (Å²) >= 11 is 11.8. The normalized spacial score (nSPS) is 14.5. The first-order valence-electron chi connectivity index (χ1n) is 12.3. The first-order chi connectivity index (χ1) is 19.8. The second-order valence-electron chi connectivity index (χ2n) is 10.3. The molecule has 0 radical (unpaired) electrons. The van der Waals surface area contributed by atoms with Crippen LogP contribution in [-0.4, -0.2) is 32.3 Å². The highest BCUT2D eigenvalue weighted by molar-refractivity contribution is 9.11. The number of carbonyl (C=O) groups is 1. The molecule has 1 amide bonds. The molecule has 43 heavy (non-hydrogen) atoms. The number of phenolic OH excluding ortho intramolecular Hbond substituents is 2. The Morgan fingerprint density at radius 2 is 1.49 bits per heavy atom. The molecular weight excluding hydrogens is 715 g/mol. The summed E-state index contributed by atoms with van der Waals surface area (Å²) < 4.78 is 41.0. The van der Waals surface area contributed by atoms with Crippen LogP contribution in [0.4, 0.5) is 30.2 Å². The van der Waals surface area contributed by atoms with E-state index in [9.17, 15) is 28.2 Å². The van der Waals surface area contributed by atoms with Gasteiger partial charge in [-0.2, -0.15) is 23.7 Å². The molecule has 0 spiro atoms. The maximum Gasteiger partial charge on any atom is 0.417 e. The molecule has 1 heterocycles. The van der Waals surface area contributed by atoms with Gasteiger partial charge in [-0.1, -0.05) is 0 Å². The second kappa shape index (κ2) is 12.4. The number of hydrogen-bond acceptors (Lipinski definition) is 7. The third kappa shape index (κ3) is 7.21. The molecule has 0 aromatic heterocycles. The van der Waals surface area contributed by atoms with E-state index in [0.717, 1.165) is 22.7 Å². The number of aromatic hydroxyl groups is 2. The Morgan fingerprint density at radius 3 is 2.00 bits per heavy atom. The number of anilines is 3. The van der Waals surface area contributed by atoms with Crippen LogP contribution in [0.1, 0.15) is 38.8 Å². The zero-order valence-electron chi connectivity index (χ0n) is 23.1. The summed E-state index contributed by atoms with van der Waals surface area (Å²) in [6, 6.07) is 16.2. The van der Waals surface area contributed by atoms with E-state index >= 15 is 0 Å². The van der Waals surface area contributed by atoms with Crippen molar-refractivity contribution in [2.45, 2.75) is 44.9 Å². The van der Waals surface area contributed by atoms with Crippen molar-refractivity contribution in [1.82, 2.24) is 0 Å². The lowest BCUT2D eigenvalue weighted by Gasteiger charge is -2.29. The van der Waals surface area contributed by atoms with E-state index in [1.165, 1.54) is 23.1 Å². The number of nitrogens with one attached hydrogen (secondary N) is 1. The van der Waals surface area contributed by atoms with E-state index in [4.69, 9.17) is 22.7 Å². The number of benzene rings is 3. The van der Waals surface area contributed by atoms with Gasteiger partial charge in [-0.05, 0) is 126 Å². The average molecular weight is 739 g/mol. The van der Waals surface area contributed by atoms with Crippen molar-refractivity contribution in [1.29, 1.82) is 10.5 Å². The number of thiocarbonyl (C=S) groups is 1. The second-order valence-corrected chi connectivity index (χ2v) is 12.4. The first-order valence-corrected chi connectivity index (χ1v) is 14.3. The first kappa shape index (κ1) is 33.6. The van der Waals surface area contributed by atoms with Crippen molar-refractivity contribution < 1.29 is 28.2 Å². The topological polar surface area (TPSA) is 124 Å². The Morgan fingerprint density at radius 1 is 0.930 bits per heavy atom. The largest absolute Gasteiger partial charge is 0.507 e. The van der Waals surface area contributed by atoms with Gasteiger partial charge in [0.15, 0.2) is 5.11 Å². The molecule has 3 N–H and O–H groups in total. The summed E-state index contributed by atoms with van der Waals surface area (Å²) in [5.74, 6) is -0.350. The number of halogens is 5. The molecule has 4 rings (SSSR count).